The number of hydrogen-bond donors (Lipinski definition) is 0. The Balaban J connectivity index is 0.930. The molecule has 4 heteroatoms. The Labute approximate surface area is 481 Å². The molecule has 1 spiro atoms. The van der Waals surface area contributed by atoms with E-state index in [1.165, 1.54) is 72.1 Å². The van der Waals surface area contributed by atoms with Crippen LogP contribution in [0, 0.1) is 0 Å². The molecular weight excluding hydrogens is 1010 g/mol. The summed E-state index contributed by atoms with van der Waals surface area (Å²) in [6.45, 7) is 0. The zero-order valence-electron chi connectivity index (χ0n) is 45.2. The van der Waals surface area contributed by atoms with Gasteiger partial charge in [0.2, 0.25) is 0 Å². The summed E-state index contributed by atoms with van der Waals surface area (Å²) in [6, 6.07) is 113. The number of hydrogen-bond acceptors (Lipinski definition) is 3. The van der Waals surface area contributed by atoms with Crippen LogP contribution in [-0.2, 0) is 5.41 Å². The van der Waals surface area contributed by atoms with Crippen molar-refractivity contribution in [2.75, 3.05) is 9.80 Å². The van der Waals surface area contributed by atoms with Crippen molar-refractivity contribution in [3.8, 4) is 50.2 Å². The Kier molecular flexibility index (Phi) is 10.5. The lowest BCUT2D eigenvalue weighted by atomic mass is 9.70. The first-order valence-electron chi connectivity index (χ1n) is 28.6. The first kappa shape index (κ1) is 46.9. The number of benzene rings is 13. The van der Waals surface area contributed by atoms with Gasteiger partial charge in [-0.25, -0.2) is 0 Å². The van der Waals surface area contributed by atoms with Crippen LogP contribution in [0.4, 0.5) is 34.1 Å². The van der Waals surface area contributed by atoms with Crippen LogP contribution in [0.2, 0.25) is 0 Å². The Morgan fingerprint density at radius 2 is 0.783 bits per heavy atom. The van der Waals surface area contributed by atoms with Gasteiger partial charge in [0.15, 0.2) is 5.58 Å². The Morgan fingerprint density at radius 3 is 1.47 bits per heavy atom. The van der Waals surface area contributed by atoms with Gasteiger partial charge in [0, 0.05) is 55.7 Å². The second-order valence-corrected chi connectivity index (χ2v) is 21.9. The van der Waals surface area contributed by atoms with Gasteiger partial charge < -0.3 is 18.8 Å². The second kappa shape index (κ2) is 18.6. The number of anilines is 6. The van der Waals surface area contributed by atoms with Crippen LogP contribution in [-0.4, -0.2) is 4.57 Å². The van der Waals surface area contributed by atoms with E-state index in [1.807, 2.05) is 0 Å². The van der Waals surface area contributed by atoms with Crippen LogP contribution >= 0.6 is 0 Å². The van der Waals surface area contributed by atoms with Gasteiger partial charge in [0.1, 0.15) is 5.58 Å². The maximum Gasteiger partial charge on any atom is 0.159 e. The molecule has 0 amide bonds. The van der Waals surface area contributed by atoms with Crippen LogP contribution < -0.4 is 9.80 Å². The molecule has 83 heavy (non-hydrogen) atoms. The topological polar surface area (TPSA) is 24.6 Å². The highest BCUT2D eigenvalue weighted by atomic mass is 16.3. The lowest BCUT2D eigenvalue weighted by Gasteiger charge is -2.30. The number of nitrogens with zero attached hydrogens (tertiary/aromatic N) is 3. The molecule has 2 aromatic heterocycles. The van der Waals surface area contributed by atoms with Crippen molar-refractivity contribution in [3.05, 3.63) is 332 Å². The molecule has 2 aliphatic rings. The summed E-state index contributed by atoms with van der Waals surface area (Å²) in [4.78, 5) is 4.77. The van der Waals surface area contributed by atoms with Crippen molar-refractivity contribution in [2.24, 2.45) is 0 Å². The Bertz CT molecular complexity index is 4970. The van der Waals surface area contributed by atoms with E-state index in [9.17, 15) is 0 Å². The molecule has 0 radical (unpaired) electrons. The standard InChI is InChI=1S/C79H51N3O/c1-4-20-52(21-5-1)54-38-42-57(43-39-54)80(56-24-8-3-9-25-56)59-26-18-27-60(50-59)81(74-36-19-32-65-64-30-13-17-37-75(64)83-78(65)74)61-46-48-72-67(51-61)77-73(82(72)58-44-40-55(41-45-58)53-22-6-2-7-23-53)49-47-71-76(77)66-31-12-16-35-70(66)79(71)68-33-14-10-28-62(68)63-29-11-15-34-69(63)79/h1-51H. The van der Waals surface area contributed by atoms with Gasteiger partial charge in [-0.05, 0) is 158 Å². The van der Waals surface area contributed by atoms with Crippen LogP contribution in [0.3, 0.4) is 0 Å². The van der Waals surface area contributed by atoms with Crippen LogP contribution in [0.15, 0.2) is 314 Å². The van der Waals surface area contributed by atoms with Crippen LogP contribution in [0.5, 0.6) is 0 Å². The SMILES string of the molecule is c1ccc(-c2ccc(N(c3ccccc3)c3cccc(N(c4ccc5c(c4)c4c6c(ccc4n5-c4ccc(-c5ccccc5)cc4)C4(c5ccccc5-c5ccccc54)c4ccccc4-6)c4cccc5c4oc4ccccc45)c3)cc2)cc1. The lowest BCUT2D eigenvalue weighted by Crippen LogP contribution is -2.25. The fourth-order valence-electron chi connectivity index (χ4n) is 14.1. The number of furan rings is 1. The zero-order chi connectivity index (χ0) is 54.6. The van der Waals surface area contributed by atoms with E-state index < -0.39 is 5.41 Å². The van der Waals surface area contributed by atoms with Gasteiger partial charge in [-0.15, -0.1) is 0 Å². The number of rotatable bonds is 9. The van der Waals surface area contributed by atoms with Gasteiger partial charge in [-0.2, -0.15) is 0 Å². The van der Waals surface area contributed by atoms with Crippen molar-refractivity contribution >= 4 is 77.9 Å². The zero-order valence-corrected chi connectivity index (χ0v) is 45.2. The monoisotopic (exact) mass is 1060 g/mol. The van der Waals surface area contributed by atoms with Gasteiger partial charge in [0.05, 0.1) is 22.1 Å². The highest BCUT2D eigenvalue weighted by Crippen LogP contribution is 2.64. The average molecular weight is 1060 g/mol. The molecule has 2 aliphatic carbocycles. The summed E-state index contributed by atoms with van der Waals surface area (Å²) in [7, 11) is 0. The van der Waals surface area contributed by atoms with Crippen molar-refractivity contribution in [1.29, 1.82) is 0 Å². The van der Waals surface area contributed by atoms with Gasteiger partial charge >= 0.3 is 0 Å². The molecule has 2 heterocycles. The molecule has 0 saturated heterocycles. The minimum Gasteiger partial charge on any atom is -0.454 e. The molecule has 15 aromatic rings. The number of para-hydroxylation sites is 3. The maximum absolute atomic E-state index is 6.99. The highest BCUT2D eigenvalue weighted by molar-refractivity contribution is 6.20. The van der Waals surface area contributed by atoms with Gasteiger partial charge in [-0.3, -0.25) is 0 Å². The minimum atomic E-state index is -0.507. The normalized spacial score (nSPS) is 12.7. The molecule has 0 saturated carbocycles. The summed E-state index contributed by atoms with van der Waals surface area (Å²) in [5.41, 5.74) is 25.8. The molecule has 13 aromatic carbocycles. The van der Waals surface area contributed by atoms with Crippen molar-refractivity contribution in [3.63, 3.8) is 0 Å². The fraction of sp³-hybridized carbons (Fsp3) is 0.0127. The summed E-state index contributed by atoms with van der Waals surface area (Å²) < 4.78 is 9.47. The van der Waals surface area contributed by atoms with Crippen molar-refractivity contribution in [2.45, 2.75) is 5.41 Å². The van der Waals surface area contributed by atoms with E-state index in [1.54, 1.807) is 0 Å². The molecule has 4 nitrogen and oxygen atoms in total. The van der Waals surface area contributed by atoms with E-state index in [4.69, 9.17) is 4.42 Å². The molecule has 0 aliphatic heterocycles. The summed E-state index contributed by atoms with van der Waals surface area (Å²) in [5.74, 6) is 0. The van der Waals surface area contributed by atoms with Crippen molar-refractivity contribution < 1.29 is 4.42 Å². The molecular formula is C79H51N3O. The summed E-state index contributed by atoms with van der Waals surface area (Å²) in [5, 5.41) is 4.54. The minimum absolute atomic E-state index is 0.507. The fourth-order valence-corrected chi connectivity index (χ4v) is 14.1. The first-order valence-corrected chi connectivity index (χ1v) is 28.6. The summed E-state index contributed by atoms with van der Waals surface area (Å²) >= 11 is 0. The van der Waals surface area contributed by atoms with E-state index >= 15 is 0 Å². The predicted octanol–water partition coefficient (Wildman–Crippen LogP) is 21.3. The molecule has 0 fully saturated rings. The molecule has 388 valence electrons. The second-order valence-electron chi connectivity index (χ2n) is 21.9. The maximum atomic E-state index is 6.99. The highest BCUT2D eigenvalue weighted by Gasteiger charge is 2.52. The smallest absolute Gasteiger partial charge is 0.159 e. The third kappa shape index (κ3) is 7.06. The lowest BCUT2D eigenvalue weighted by molar-refractivity contribution is 0.669. The first-order chi connectivity index (χ1) is 41.2. The average Bonchev–Trinajstić information content (AvgIpc) is 1.65. The number of aromatic nitrogens is 1. The van der Waals surface area contributed by atoms with E-state index in [2.05, 4.69) is 324 Å². The van der Waals surface area contributed by atoms with E-state index in [0.29, 0.717) is 0 Å². The third-order valence-electron chi connectivity index (χ3n) is 17.6. The molecule has 17 rings (SSSR count). The van der Waals surface area contributed by atoms with Crippen LogP contribution in [0.25, 0.3) is 93.9 Å². The predicted molar refractivity (Wildman–Crippen MR) is 345 cm³/mol. The largest absolute Gasteiger partial charge is 0.454 e. The van der Waals surface area contributed by atoms with E-state index in [0.717, 1.165) is 78.2 Å². The molecule has 0 atom stereocenters. The van der Waals surface area contributed by atoms with Gasteiger partial charge in [-0.1, -0.05) is 218 Å². The Morgan fingerprint density at radius 1 is 0.301 bits per heavy atom. The molecule has 0 N–H and O–H groups in total. The van der Waals surface area contributed by atoms with Gasteiger partial charge in [0.25, 0.3) is 0 Å². The molecule has 0 unspecified atom stereocenters. The quantitative estimate of drug-likeness (QED) is 0.144. The third-order valence-corrected chi connectivity index (χ3v) is 17.6. The summed E-state index contributed by atoms with van der Waals surface area (Å²) in [6.07, 6.45) is 0. The number of fused-ring (bicyclic) bond motifs is 17. The Hall–Kier alpha value is -10.9. The van der Waals surface area contributed by atoms with E-state index in [-0.39, 0.29) is 0 Å². The van der Waals surface area contributed by atoms with Crippen LogP contribution in [0.1, 0.15) is 22.3 Å². The van der Waals surface area contributed by atoms with Crippen molar-refractivity contribution in [1.82, 2.24) is 4.57 Å². The molecule has 0 bridgehead atoms.